The Balaban J connectivity index is 0.00000220. The van der Waals surface area contributed by atoms with Gasteiger partial charge < -0.3 is 10.6 Å². The van der Waals surface area contributed by atoms with Crippen LogP contribution in [0.3, 0.4) is 0 Å². The summed E-state index contributed by atoms with van der Waals surface area (Å²) in [5.41, 5.74) is 1.13. The number of nitrogens with one attached hydrogen (secondary N) is 2. The maximum atomic E-state index is 12.8. The molecule has 1 aromatic carbocycles. The summed E-state index contributed by atoms with van der Waals surface area (Å²) in [7, 11) is 1.79. The van der Waals surface area contributed by atoms with Crippen molar-refractivity contribution in [2.24, 2.45) is 10.9 Å². The van der Waals surface area contributed by atoms with Gasteiger partial charge >= 0.3 is 0 Å². The summed E-state index contributed by atoms with van der Waals surface area (Å²) < 4.78 is 12.8. The Bertz CT molecular complexity index is 430. The minimum absolute atomic E-state index is 0. The van der Waals surface area contributed by atoms with Gasteiger partial charge in [-0.2, -0.15) is 0 Å². The Morgan fingerprint density at radius 2 is 1.86 bits per heavy atom. The van der Waals surface area contributed by atoms with Gasteiger partial charge in [0.1, 0.15) is 5.82 Å². The van der Waals surface area contributed by atoms with E-state index in [1.165, 1.54) is 37.8 Å². The number of rotatable bonds is 7. The lowest BCUT2D eigenvalue weighted by atomic mass is 10.1. The third kappa shape index (κ3) is 7.64. The number of benzene rings is 1. The number of aliphatic imine (C=N–C) groups is 1. The third-order valence-corrected chi connectivity index (χ3v) is 3.62. The van der Waals surface area contributed by atoms with E-state index in [0.29, 0.717) is 0 Å². The van der Waals surface area contributed by atoms with Crippen molar-refractivity contribution in [2.45, 2.75) is 32.1 Å². The monoisotopic (exact) mass is 405 g/mol. The SMILES string of the molecule is CN=C(NCCCC1CC1)NCCc1ccc(F)cc1.I. The lowest BCUT2D eigenvalue weighted by Gasteiger charge is -2.11. The van der Waals surface area contributed by atoms with Crippen molar-refractivity contribution in [1.29, 1.82) is 0 Å². The topological polar surface area (TPSA) is 36.4 Å². The van der Waals surface area contributed by atoms with Crippen LogP contribution in [-0.4, -0.2) is 26.1 Å². The zero-order valence-electron chi connectivity index (χ0n) is 12.6. The van der Waals surface area contributed by atoms with Crippen molar-refractivity contribution in [2.75, 3.05) is 20.1 Å². The van der Waals surface area contributed by atoms with E-state index in [9.17, 15) is 4.39 Å². The van der Waals surface area contributed by atoms with Crippen LogP contribution in [0, 0.1) is 11.7 Å². The minimum Gasteiger partial charge on any atom is -0.356 e. The molecule has 0 atom stereocenters. The average Bonchev–Trinajstić information content (AvgIpc) is 3.28. The van der Waals surface area contributed by atoms with Gasteiger partial charge in [0.25, 0.3) is 0 Å². The van der Waals surface area contributed by atoms with E-state index >= 15 is 0 Å². The third-order valence-electron chi connectivity index (χ3n) is 3.62. The number of guanidine groups is 1. The summed E-state index contributed by atoms with van der Waals surface area (Å²) in [5.74, 6) is 1.66. The van der Waals surface area contributed by atoms with Gasteiger partial charge in [0.15, 0.2) is 5.96 Å². The first-order chi connectivity index (χ1) is 9.78. The van der Waals surface area contributed by atoms with Gasteiger partial charge in [-0.15, -0.1) is 24.0 Å². The first kappa shape index (κ1) is 18.2. The molecule has 0 unspecified atom stereocenters. The lowest BCUT2D eigenvalue weighted by Crippen LogP contribution is -2.38. The number of hydrogen-bond acceptors (Lipinski definition) is 1. The summed E-state index contributed by atoms with van der Waals surface area (Å²) in [4.78, 5) is 4.20. The number of halogens is 2. The van der Waals surface area contributed by atoms with Gasteiger partial charge in [0.05, 0.1) is 0 Å². The predicted octanol–water partition coefficient (Wildman–Crippen LogP) is 3.34. The van der Waals surface area contributed by atoms with Gasteiger partial charge in [-0.05, 0) is 42.9 Å². The maximum absolute atomic E-state index is 12.8. The molecule has 0 spiro atoms. The molecule has 0 radical (unpaired) electrons. The molecule has 1 aromatic rings. The smallest absolute Gasteiger partial charge is 0.190 e. The molecule has 0 saturated heterocycles. The summed E-state index contributed by atoms with van der Waals surface area (Å²) in [6.07, 6.45) is 6.25. The standard InChI is InChI=1S/C16H24FN3.HI/c1-18-16(19-11-2-3-13-4-5-13)20-12-10-14-6-8-15(17)9-7-14;/h6-9,13H,2-5,10-12H2,1H3,(H2,18,19,20);1H. The van der Waals surface area contributed by atoms with Crippen molar-refractivity contribution < 1.29 is 4.39 Å². The predicted molar refractivity (Wildman–Crippen MR) is 96.8 cm³/mol. The molecule has 0 heterocycles. The fraction of sp³-hybridized carbons (Fsp3) is 0.562. The van der Waals surface area contributed by atoms with Crippen LogP contribution in [-0.2, 0) is 6.42 Å². The Hall–Kier alpha value is -0.850. The van der Waals surface area contributed by atoms with Crippen LogP contribution < -0.4 is 10.6 Å². The second kappa shape index (κ2) is 9.97. The quantitative estimate of drug-likeness (QED) is 0.316. The van der Waals surface area contributed by atoms with Crippen LogP contribution in [0.25, 0.3) is 0 Å². The highest BCUT2D eigenvalue weighted by Crippen LogP contribution is 2.33. The van der Waals surface area contributed by atoms with Crippen molar-refractivity contribution in [1.82, 2.24) is 10.6 Å². The van der Waals surface area contributed by atoms with Crippen LogP contribution >= 0.6 is 24.0 Å². The van der Waals surface area contributed by atoms with E-state index in [1.54, 1.807) is 7.05 Å². The molecule has 0 amide bonds. The van der Waals surface area contributed by atoms with Crippen LogP contribution in [0.2, 0.25) is 0 Å². The molecule has 1 aliphatic rings. The molecule has 2 rings (SSSR count). The van der Waals surface area contributed by atoms with E-state index in [0.717, 1.165) is 37.0 Å². The van der Waals surface area contributed by atoms with Crippen LogP contribution in [0.1, 0.15) is 31.2 Å². The summed E-state index contributed by atoms with van der Waals surface area (Å²) >= 11 is 0. The minimum atomic E-state index is -0.185. The van der Waals surface area contributed by atoms with Crippen molar-refractivity contribution in [3.8, 4) is 0 Å². The Kier molecular flexibility index (Phi) is 8.64. The maximum Gasteiger partial charge on any atom is 0.190 e. The number of hydrogen-bond donors (Lipinski definition) is 2. The molecule has 0 bridgehead atoms. The van der Waals surface area contributed by atoms with Crippen molar-refractivity contribution >= 4 is 29.9 Å². The molecule has 118 valence electrons. The molecule has 2 N–H and O–H groups in total. The molecule has 1 aliphatic carbocycles. The highest BCUT2D eigenvalue weighted by Gasteiger charge is 2.19. The average molecular weight is 405 g/mol. The molecular formula is C16H25FIN3. The first-order valence-electron chi connectivity index (χ1n) is 7.47. The fourth-order valence-corrected chi connectivity index (χ4v) is 2.20. The summed E-state index contributed by atoms with van der Waals surface area (Å²) in [6.45, 7) is 1.78. The molecule has 5 heteroatoms. The fourth-order valence-electron chi connectivity index (χ4n) is 2.20. The molecule has 3 nitrogen and oxygen atoms in total. The number of nitrogens with zero attached hydrogens (tertiary/aromatic N) is 1. The van der Waals surface area contributed by atoms with E-state index < -0.39 is 0 Å². The summed E-state index contributed by atoms with van der Waals surface area (Å²) in [5, 5.41) is 6.61. The van der Waals surface area contributed by atoms with E-state index in [4.69, 9.17) is 0 Å². The largest absolute Gasteiger partial charge is 0.356 e. The van der Waals surface area contributed by atoms with Crippen molar-refractivity contribution in [3.05, 3.63) is 35.6 Å². The Morgan fingerprint density at radius 3 is 2.48 bits per heavy atom. The second-order valence-corrected chi connectivity index (χ2v) is 5.39. The van der Waals surface area contributed by atoms with Gasteiger partial charge in [0, 0.05) is 20.1 Å². The van der Waals surface area contributed by atoms with Crippen LogP contribution in [0.4, 0.5) is 4.39 Å². The van der Waals surface area contributed by atoms with Crippen molar-refractivity contribution in [3.63, 3.8) is 0 Å². The van der Waals surface area contributed by atoms with Crippen LogP contribution in [0.5, 0.6) is 0 Å². The van der Waals surface area contributed by atoms with Gasteiger partial charge in [-0.1, -0.05) is 25.0 Å². The second-order valence-electron chi connectivity index (χ2n) is 5.39. The van der Waals surface area contributed by atoms with Crippen LogP contribution in [0.15, 0.2) is 29.3 Å². The van der Waals surface area contributed by atoms with Gasteiger partial charge in [-0.3, -0.25) is 4.99 Å². The zero-order valence-corrected chi connectivity index (χ0v) is 14.9. The molecule has 1 saturated carbocycles. The lowest BCUT2D eigenvalue weighted by molar-refractivity contribution is 0.626. The highest BCUT2D eigenvalue weighted by molar-refractivity contribution is 14.0. The van der Waals surface area contributed by atoms with E-state index in [2.05, 4.69) is 15.6 Å². The van der Waals surface area contributed by atoms with Gasteiger partial charge in [0.2, 0.25) is 0 Å². The molecule has 21 heavy (non-hydrogen) atoms. The van der Waals surface area contributed by atoms with E-state index in [1.807, 2.05) is 12.1 Å². The molecule has 0 aliphatic heterocycles. The summed E-state index contributed by atoms with van der Waals surface area (Å²) in [6, 6.07) is 6.65. The Labute approximate surface area is 143 Å². The molecule has 1 fully saturated rings. The molecular weight excluding hydrogens is 380 g/mol. The zero-order chi connectivity index (χ0) is 14.2. The Morgan fingerprint density at radius 1 is 1.19 bits per heavy atom. The van der Waals surface area contributed by atoms with Gasteiger partial charge in [-0.25, -0.2) is 4.39 Å². The normalized spacial score (nSPS) is 14.5. The molecule has 0 aromatic heterocycles. The first-order valence-corrected chi connectivity index (χ1v) is 7.47. The van der Waals surface area contributed by atoms with E-state index in [-0.39, 0.29) is 29.8 Å². The highest BCUT2D eigenvalue weighted by atomic mass is 127.